The van der Waals surface area contributed by atoms with Crippen molar-refractivity contribution in [1.29, 1.82) is 0 Å². The number of hydrogen-bond donors (Lipinski definition) is 1. The zero-order valence-electron chi connectivity index (χ0n) is 12.0. The van der Waals surface area contributed by atoms with Crippen molar-refractivity contribution in [2.45, 2.75) is 32.2 Å². The number of nitrogens with zero attached hydrogens (tertiary/aromatic N) is 2. The van der Waals surface area contributed by atoms with Crippen LogP contribution in [0, 0.1) is 16.0 Å². The number of piperidine rings is 1. The van der Waals surface area contributed by atoms with Crippen molar-refractivity contribution in [3.63, 3.8) is 0 Å². The Balaban J connectivity index is 2.12. The predicted octanol–water partition coefficient (Wildman–Crippen LogP) is 2.72. The number of benzene rings is 1. The summed E-state index contributed by atoms with van der Waals surface area (Å²) >= 11 is 0. The number of nitro benzene ring substituents is 1. The van der Waals surface area contributed by atoms with E-state index in [1.54, 1.807) is 18.2 Å². The number of likely N-dealkylation sites (tertiary alicyclic amines) is 1. The van der Waals surface area contributed by atoms with E-state index in [2.05, 4.69) is 11.8 Å². The normalized spacial score (nSPS) is 18.9. The van der Waals surface area contributed by atoms with Crippen LogP contribution in [0.2, 0.25) is 0 Å². The van der Waals surface area contributed by atoms with Gasteiger partial charge in [-0.25, -0.2) is 0 Å². The molecule has 1 aromatic carbocycles. The van der Waals surface area contributed by atoms with E-state index < -0.39 is 0 Å². The van der Waals surface area contributed by atoms with Crippen LogP contribution in [0.4, 0.5) is 5.69 Å². The molecular formula is C15H23N3O2. The van der Waals surface area contributed by atoms with Gasteiger partial charge in [-0.3, -0.25) is 15.0 Å². The maximum absolute atomic E-state index is 10.9. The molecule has 0 spiro atoms. The summed E-state index contributed by atoms with van der Waals surface area (Å²) in [5, 5.41) is 10.9. The molecule has 1 aliphatic heterocycles. The Morgan fingerprint density at radius 2 is 2.15 bits per heavy atom. The van der Waals surface area contributed by atoms with Crippen LogP contribution in [0.1, 0.15) is 37.8 Å². The number of hydrogen-bond acceptors (Lipinski definition) is 4. The molecule has 2 rings (SSSR count). The highest BCUT2D eigenvalue weighted by molar-refractivity contribution is 5.35. The number of non-ortho nitro benzene ring substituents is 1. The van der Waals surface area contributed by atoms with Crippen molar-refractivity contribution in [2.75, 3.05) is 19.6 Å². The molecule has 1 fully saturated rings. The third-order valence-corrected chi connectivity index (χ3v) is 4.28. The first-order valence-corrected chi connectivity index (χ1v) is 7.34. The van der Waals surface area contributed by atoms with Crippen LogP contribution in [-0.4, -0.2) is 29.5 Å². The minimum absolute atomic E-state index is 0.179. The molecule has 0 amide bonds. The largest absolute Gasteiger partial charge is 0.330 e. The molecule has 20 heavy (non-hydrogen) atoms. The van der Waals surface area contributed by atoms with Crippen LogP contribution in [-0.2, 0) is 0 Å². The van der Waals surface area contributed by atoms with Crippen molar-refractivity contribution < 1.29 is 4.92 Å². The fraction of sp³-hybridized carbons (Fsp3) is 0.600. The highest BCUT2D eigenvalue weighted by Gasteiger charge is 2.25. The van der Waals surface area contributed by atoms with Gasteiger partial charge in [-0.15, -0.1) is 0 Å². The molecule has 1 unspecified atom stereocenters. The minimum Gasteiger partial charge on any atom is -0.330 e. The Labute approximate surface area is 119 Å². The monoisotopic (exact) mass is 277 g/mol. The van der Waals surface area contributed by atoms with Crippen LogP contribution in [0.15, 0.2) is 24.3 Å². The Hall–Kier alpha value is -1.46. The highest BCUT2D eigenvalue weighted by atomic mass is 16.6. The van der Waals surface area contributed by atoms with Gasteiger partial charge in [0.1, 0.15) is 0 Å². The van der Waals surface area contributed by atoms with Gasteiger partial charge < -0.3 is 5.73 Å². The van der Waals surface area contributed by atoms with E-state index in [1.165, 1.54) is 0 Å². The molecule has 0 bridgehead atoms. The van der Waals surface area contributed by atoms with E-state index in [0.29, 0.717) is 5.92 Å². The Morgan fingerprint density at radius 3 is 2.70 bits per heavy atom. The highest BCUT2D eigenvalue weighted by Crippen LogP contribution is 2.30. The SMILES string of the molecule is CCC(c1cccc([N+](=O)[O-])c1)N1CCC(CN)CC1. The maximum atomic E-state index is 10.9. The van der Waals surface area contributed by atoms with Gasteiger partial charge in [0.2, 0.25) is 0 Å². The smallest absolute Gasteiger partial charge is 0.269 e. The number of rotatable bonds is 5. The van der Waals surface area contributed by atoms with Gasteiger partial charge in [-0.05, 0) is 50.4 Å². The third-order valence-electron chi connectivity index (χ3n) is 4.28. The van der Waals surface area contributed by atoms with Gasteiger partial charge in [-0.2, -0.15) is 0 Å². The minimum atomic E-state index is -0.323. The van der Waals surface area contributed by atoms with Crippen LogP contribution in [0.5, 0.6) is 0 Å². The number of nitro groups is 1. The lowest BCUT2D eigenvalue weighted by Crippen LogP contribution is -2.38. The van der Waals surface area contributed by atoms with Crippen molar-refractivity contribution in [3.05, 3.63) is 39.9 Å². The zero-order valence-corrected chi connectivity index (χ0v) is 12.0. The fourth-order valence-corrected chi connectivity index (χ4v) is 3.05. The molecule has 1 aromatic rings. The first kappa shape index (κ1) is 14.9. The third kappa shape index (κ3) is 3.35. The van der Waals surface area contributed by atoms with Gasteiger partial charge in [0, 0.05) is 18.2 Å². The first-order valence-electron chi connectivity index (χ1n) is 7.34. The summed E-state index contributed by atoms with van der Waals surface area (Å²) in [4.78, 5) is 13.0. The van der Waals surface area contributed by atoms with E-state index in [0.717, 1.165) is 44.5 Å². The zero-order chi connectivity index (χ0) is 14.5. The lowest BCUT2D eigenvalue weighted by atomic mass is 9.93. The average Bonchev–Trinajstić information content (AvgIpc) is 2.49. The van der Waals surface area contributed by atoms with Gasteiger partial charge >= 0.3 is 0 Å². The molecule has 5 heteroatoms. The summed E-state index contributed by atoms with van der Waals surface area (Å²) in [6.07, 6.45) is 3.22. The summed E-state index contributed by atoms with van der Waals surface area (Å²) in [6.45, 7) is 4.96. The van der Waals surface area contributed by atoms with Crippen LogP contribution >= 0.6 is 0 Å². The summed E-state index contributed by atoms with van der Waals surface area (Å²) < 4.78 is 0. The van der Waals surface area contributed by atoms with Crippen LogP contribution in [0.3, 0.4) is 0 Å². The van der Waals surface area contributed by atoms with Gasteiger partial charge in [0.15, 0.2) is 0 Å². The van der Waals surface area contributed by atoms with Gasteiger partial charge in [-0.1, -0.05) is 19.1 Å². The molecule has 2 N–H and O–H groups in total. The topological polar surface area (TPSA) is 72.4 Å². The van der Waals surface area contributed by atoms with E-state index in [9.17, 15) is 10.1 Å². The van der Waals surface area contributed by atoms with Crippen molar-refractivity contribution >= 4 is 5.69 Å². The first-order chi connectivity index (χ1) is 9.65. The summed E-state index contributed by atoms with van der Waals surface area (Å²) in [5.74, 6) is 0.633. The lowest BCUT2D eigenvalue weighted by Gasteiger charge is -2.37. The second-order valence-electron chi connectivity index (χ2n) is 5.49. The molecule has 0 radical (unpaired) electrons. The van der Waals surface area contributed by atoms with Crippen LogP contribution < -0.4 is 5.73 Å². The Kier molecular flexibility index (Phi) is 5.09. The summed E-state index contributed by atoms with van der Waals surface area (Å²) in [7, 11) is 0. The van der Waals surface area contributed by atoms with Crippen molar-refractivity contribution in [1.82, 2.24) is 4.90 Å². The van der Waals surface area contributed by atoms with Crippen molar-refractivity contribution in [2.24, 2.45) is 11.7 Å². The quantitative estimate of drug-likeness (QED) is 0.663. The molecule has 1 saturated heterocycles. The van der Waals surface area contributed by atoms with Gasteiger partial charge in [0.25, 0.3) is 5.69 Å². The summed E-state index contributed by atoms with van der Waals surface area (Å²) in [6, 6.07) is 7.31. The molecular weight excluding hydrogens is 254 g/mol. The molecule has 1 atom stereocenters. The second-order valence-corrected chi connectivity index (χ2v) is 5.49. The van der Waals surface area contributed by atoms with E-state index in [1.807, 2.05) is 6.07 Å². The molecule has 0 aliphatic carbocycles. The molecule has 5 nitrogen and oxygen atoms in total. The fourth-order valence-electron chi connectivity index (χ4n) is 3.05. The molecule has 110 valence electrons. The second kappa shape index (κ2) is 6.81. The van der Waals surface area contributed by atoms with Gasteiger partial charge in [0.05, 0.1) is 4.92 Å². The van der Waals surface area contributed by atoms with Crippen LogP contribution in [0.25, 0.3) is 0 Å². The lowest BCUT2D eigenvalue weighted by molar-refractivity contribution is -0.385. The maximum Gasteiger partial charge on any atom is 0.269 e. The van der Waals surface area contributed by atoms with E-state index >= 15 is 0 Å². The summed E-state index contributed by atoms with van der Waals surface area (Å²) in [5.41, 5.74) is 6.96. The number of nitrogens with two attached hydrogens (primary N) is 1. The molecule has 1 aliphatic rings. The Bertz CT molecular complexity index is 456. The average molecular weight is 277 g/mol. The van der Waals surface area contributed by atoms with E-state index in [4.69, 9.17) is 5.73 Å². The van der Waals surface area contributed by atoms with Crippen molar-refractivity contribution in [3.8, 4) is 0 Å². The predicted molar refractivity (Wildman–Crippen MR) is 79.5 cm³/mol. The molecule has 0 aromatic heterocycles. The Morgan fingerprint density at radius 1 is 1.45 bits per heavy atom. The standard InChI is InChI=1S/C15H23N3O2/c1-2-15(17-8-6-12(11-16)7-9-17)13-4-3-5-14(10-13)18(19)20/h3-5,10,12,15H,2,6-9,11,16H2,1H3. The molecule has 1 heterocycles. The molecule has 0 saturated carbocycles. The van der Waals surface area contributed by atoms with E-state index in [-0.39, 0.29) is 16.7 Å².